The van der Waals surface area contributed by atoms with E-state index in [1.807, 2.05) is 0 Å². The molecule has 0 saturated heterocycles. The number of hydrogen-bond acceptors (Lipinski definition) is 4. The molecule has 0 bridgehead atoms. The number of fused-ring (bicyclic) bond motifs is 5. The van der Waals surface area contributed by atoms with Gasteiger partial charge in [-0.1, -0.05) is 20.8 Å². The first-order valence-electron chi connectivity index (χ1n) is 15.5. The summed E-state index contributed by atoms with van der Waals surface area (Å²) in [4.78, 5) is 11.9. The van der Waals surface area contributed by atoms with Crippen LogP contribution < -0.4 is 0 Å². The van der Waals surface area contributed by atoms with Gasteiger partial charge in [-0.25, -0.2) is 0 Å². The number of ether oxygens (including phenoxy) is 1. The number of esters is 1. The van der Waals surface area contributed by atoms with Crippen molar-refractivity contribution in [3.05, 3.63) is 0 Å². The molecule has 0 heterocycles. The Balaban J connectivity index is 1.59. The van der Waals surface area contributed by atoms with Gasteiger partial charge in [0.2, 0.25) is 0 Å². The Kier molecular flexibility index (Phi) is 8.59. The second-order valence-electron chi connectivity index (χ2n) is 15.9. The van der Waals surface area contributed by atoms with Crippen molar-refractivity contribution in [3.8, 4) is 0 Å². The van der Waals surface area contributed by atoms with E-state index in [0.717, 1.165) is 24.2 Å². The van der Waals surface area contributed by atoms with Crippen LogP contribution in [0.4, 0.5) is 0 Å². The summed E-state index contributed by atoms with van der Waals surface area (Å²) in [5, 5.41) is 0. The number of carbonyl (C=O) groups is 1. The molecular formula is C31H58O4Si2. The van der Waals surface area contributed by atoms with E-state index in [9.17, 15) is 4.79 Å². The summed E-state index contributed by atoms with van der Waals surface area (Å²) in [6.45, 7) is 21.9. The first kappa shape index (κ1) is 29.8. The van der Waals surface area contributed by atoms with Gasteiger partial charge in [0.1, 0.15) is 0 Å². The maximum atomic E-state index is 11.9. The summed E-state index contributed by atoms with van der Waals surface area (Å²) >= 11 is 0. The van der Waals surface area contributed by atoms with Crippen LogP contribution >= 0.6 is 0 Å². The Bertz CT molecular complexity index is 819. The molecule has 0 spiro atoms. The van der Waals surface area contributed by atoms with Crippen molar-refractivity contribution in [1.82, 2.24) is 0 Å². The van der Waals surface area contributed by atoms with Crippen molar-refractivity contribution in [2.75, 3.05) is 7.11 Å². The minimum absolute atomic E-state index is 0.0567. The molecule has 0 radical (unpaired) electrons. The third-order valence-electron chi connectivity index (χ3n) is 11.4. The molecule has 0 N–H and O–H groups in total. The molecule has 6 unspecified atom stereocenters. The average Bonchev–Trinajstić information content (AvgIpc) is 3.13. The van der Waals surface area contributed by atoms with Gasteiger partial charge in [-0.2, -0.15) is 0 Å². The molecule has 0 aliphatic heterocycles. The summed E-state index contributed by atoms with van der Waals surface area (Å²) in [5.41, 5.74) is 0.804. The number of hydrogen-bond donors (Lipinski definition) is 0. The number of rotatable bonds is 8. The average molecular weight is 551 g/mol. The standard InChI is InChI=1S/C31H58O4Si2/c1-21(11-14-28(32)33-4)24-12-13-25-29-26(16-18-31(24,25)3)30(2)17-15-23(34-36(5,6)7)19-22(30)20-27(29)35-37(8,9)10/h21-27,29H,11-20H2,1-10H3/t21-,22?,23?,24?,25+,26+,27?,29+,30?,31?/m1/s1. The number of carbonyl (C=O) groups excluding carboxylic acids is 1. The zero-order valence-electron chi connectivity index (χ0n) is 25.8. The highest BCUT2D eigenvalue weighted by Crippen LogP contribution is 2.69. The molecular weight excluding hydrogens is 493 g/mol. The van der Waals surface area contributed by atoms with Crippen LogP contribution in [0, 0.1) is 46.3 Å². The van der Waals surface area contributed by atoms with Gasteiger partial charge in [0.05, 0.1) is 7.11 Å². The monoisotopic (exact) mass is 550 g/mol. The second kappa shape index (κ2) is 10.7. The minimum atomic E-state index is -1.67. The summed E-state index contributed by atoms with van der Waals surface area (Å²) < 4.78 is 18.8. The van der Waals surface area contributed by atoms with E-state index in [4.69, 9.17) is 13.6 Å². The van der Waals surface area contributed by atoms with Crippen molar-refractivity contribution in [1.29, 1.82) is 0 Å². The molecule has 214 valence electrons. The van der Waals surface area contributed by atoms with Gasteiger partial charge >= 0.3 is 5.97 Å². The molecule has 4 aliphatic carbocycles. The van der Waals surface area contributed by atoms with Crippen LogP contribution in [0.1, 0.15) is 85.0 Å². The molecule has 0 aromatic heterocycles. The lowest BCUT2D eigenvalue weighted by molar-refractivity contribution is -0.168. The predicted molar refractivity (Wildman–Crippen MR) is 157 cm³/mol. The maximum absolute atomic E-state index is 11.9. The lowest BCUT2D eigenvalue weighted by Gasteiger charge is -2.64. The lowest BCUT2D eigenvalue weighted by Crippen LogP contribution is -2.60. The molecule has 6 heteroatoms. The smallest absolute Gasteiger partial charge is 0.305 e. The van der Waals surface area contributed by atoms with Crippen molar-refractivity contribution in [2.24, 2.45) is 46.3 Å². The molecule has 37 heavy (non-hydrogen) atoms. The van der Waals surface area contributed by atoms with E-state index in [1.165, 1.54) is 58.5 Å². The Morgan fingerprint density at radius 3 is 2.11 bits per heavy atom. The van der Waals surface area contributed by atoms with Crippen molar-refractivity contribution < 1.29 is 18.4 Å². The van der Waals surface area contributed by atoms with Crippen LogP contribution in [-0.2, 0) is 18.4 Å². The molecule has 0 aromatic rings. The molecule has 0 aromatic carbocycles. The van der Waals surface area contributed by atoms with Crippen molar-refractivity contribution in [2.45, 2.75) is 136 Å². The lowest BCUT2D eigenvalue weighted by atomic mass is 9.43. The van der Waals surface area contributed by atoms with E-state index in [1.54, 1.807) is 0 Å². The van der Waals surface area contributed by atoms with E-state index in [-0.39, 0.29) is 5.97 Å². The van der Waals surface area contributed by atoms with Gasteiger partial charge < -0.3 is 13.6 Å². The van der Waals surface area contributed by atoms with E-state index >= 15 is 0 Å². The molecule has 0 amide bonds. The maximum Gasteiger partial charge on any atom is 0.305 e. The van der Waals surface area contributed by atoms with Crippen LogP contribution in [0.2, 0.25) is 39.3 Å². The fourth-order valence-corrected chi connectivity index (χ4v) is 12.3. The highest BCUT2D eigenvalue weighted by atomic mass is 28.4. The first-order chi connectivity index (χ1) is 17.1. The SMILES string of the molecule is COC(=O)CC[C@@H](C)C1CC[C@H]2[C@@H]3C(O[Si](C)(C)C)CC4CC(O[Si](C)(C)C)CCC4(C)[C@H]3CCC12C. The molecule has 10 atom stereocenters. The molecule has 4 saturated carbocycles. The largest absolute Gasteiger partial charge is 0.469 e. The van der Waals surface area contributed by atoms with Gasteiger partial charge in [-0.3, -0.25) is 4.79 Å². The topological polar surface area (TPSA) is 44.8 Å². The van der Waals surface area contributed by atoms with E-state index < -0.39 is 16.6 Å². The third kappa shape index (κ3) is 6.12. The minimum Gasteiger partial charge on any atom is -0.469 e. The van der Waals surface area contributed by atoms with Crippen LogP contribution in [0.25, 0.3) is 0 Å². The van der Waals surface area contributed by atoms with Crippen LogP contribution in [0.5, 0.6) is 0 Å². The van der Waals surface area contributed by atoms with Gasteiger partial charge in [0.15, 0.2) is 16.6 Å². The summed E-state index contributed by atoms with van der Waals surface area (Å²) in [7, 11) is -1.69. The Labute approximate surface area is 230 Å². The quantitative estimate of drug-likeness (QED) is 0.225. The Hall–Kier alpha value is -0.176. The van der Waals surface area contributed by atoms with Crippen molar-refractivity contribution >= 4 is 22.6 Å². The summed E-state index contributed by atoms with van der Waals surface area (Å²) in [5.74, 6) is 4.18. The fourth-order valence-electron chi connectivity index (χ4n) is 9.97. The summed E-state index contributed by atoms with van der Waals surface area (Å²) in [6, 6.07) is 0. The predicted octanol–water partition coefficient (Wildman–Crippen LogP) is 8.28. The van der Waals surface area contributed by atoms with Gasteiger partial charge in [0.25, 0.3) is 0 Å². The zero-order chi connectivity index (χ0) is 27.4. The molecule has 4 fully saturated rings. The van der Waals surface area contributed by atoms with Crippen LogP contribution in [0.15, 0.2) is 0 Å². The zero-order valence-corrected chi connectivity index (χ0v) is 27.8. The molecule has 4 aliphatic rings. The van der Waals surface area contributed by atoms with Crippen LogP contribution in [0.3, 0.4) is 0 Å². The third-order valence-corrected chi connectivity index (χ3v) is 13.5. The fraction of sp³-hybridized carbons (Fsp3) is 0.968. The van der Waals surface area contributed by atoms with Crippen LogP contribution in [-0.4, -0.2) is 41.9 Å². The van der Waals surface area contributed by atoms with Crippen molar-refractivity contribution in [3.63, 3.8) is 0 Å². The first-order valence-corrected chi connectivity index (χ1v) is 22.3. The normalized spacial score (nSPS) is 42.9. The molecule has 4 nitrogen and oxygen atoms in total. The second-order valence-corrected chi connectivity index (χ2v) is 24.9. The number of methoxy groups -OCH3 is 1. The highest BCUT2D eigenvalue weighted by Gasteiger charge is 2.63. The van der Waals surface area contributed by atoms with Gasteiger partial charge in [-0.05, 0) is 143 Å². The van der Waals surface area contributed by atoms with Gasteiger partial charge in [-0.15, -0.1) is 0 Å². The van der Waals surface area contributed by atoms with E-state index in [2.05, 4.69) is 60.1 Å². The Morgan fingerprint density at radius 2 is 1.49 bits per heavy atom. The van der Waals surface area contributed by atoms with Gasteiger partial charge in [0, 0.05) is 18.6 Å². The van der Waals surface area contributed by atoms with E-state index in [0.29, 0.717) is 47.2 Å². The summed E-state index contributed by atoms with van der Waals surface area (Å²) in [6.07, 6.45) is 12.8. The Morgan fingerprint density at radius 1 is 0.865 bits per heavy atom. The highest BCUT2D eigenvalue weighted by molar-refractivity contribution is 6.70. The molecule has 4 rings (SSSR count).